The van der Waals surface area contributed by atoms with Gasteiger partial charge in [-0.1, -0.05) is 0 Å². The van der Waals surface area contributed by atoms with Crippen molar-refractivity contribution in [1.29, 1.82) is 0 Å². The van der Waals surface area contributed by atoms with Crippen LogP contribution in [0, 0.1) is 11.8 Å². The fourth-order valence-corrected chi connectivity index (χ4v) is 3.34. The Labute approximate surface area is 146 Å². The molecule has 5 nitrogen and oxygen atoms in total. The highest BCUT2D eigenvalue weighted by atomic mass is 35.5. The molecule has 1 atom stereocenters. The zero-order chi connectivity index (χ0) is 14.5. The number of ether oxygens (including phenoxy) is 1. The Bertz CT molecular complexity index is 318. The second-order valence-corrected chi connectivity index (χ2v) is 6.51. The highest BCUT2D eigenvalue weighted by molar-refractivity contribution is 5.85. The van der Waals surface area contributed by atoms with Crippen LogP contribution in [0.4, 0.5) is 0 Å². The summed E-state index contributed by atoms with van der Waals surface area (Å²) in [5.41, 5.74) is 6.18. The van der Waals surface area contributed by atoms with Crippen molar-refractivity contribution in [2.45, 2.75) is 31.7 Å². The number of hydrogen-bond donors (Lipinski definition) is 1. The van der Waals surface area contributed by atoms with Crippen LogP contribution in [0.1, 0.15) is 25.7 Å². The molecule has 0 aromatic carbocycles. The molecule has 22 heavy (non-hydrogen) atoms. The number of nitrogens with zero attached hydrogens (tertiary/aromatic N) is 2. The third-order valence-electron chi connectivity index (χ3n) is 4.61. The van der Waals surface area contributed by atoms with Crippen molar-refractivity contribution >= 4 is 30.7 Å². The van der Waals surface area contributed by atoms with E-state index in [4.69, 9.17) is 10.5 Å². The molecule has 2 aliphatic heterocycles. The Morgan fingerprint density at radius 2 is 1.73 bits per heavy atom. The van der Waals surface area contributed by atoms with Crippen molar-refractivity contribution in [2.24, 2.45) is 17.6 Å². The molecular weight excluding hydrogens is 325 g/mol. The average molecular weight is 356 g/mol. The van der Waals surface area contributed by atoms with E-state index in [-0.39, 0.29) is 36.8 Å². The van der Waals surface area contributed by atoms with Crippen LogP contribution in [0.15, 0.2) is 0 Å². The van der Waals surface area contributed by atoms with Gasteiger partial charge in [-0.05, 0) is 51.6 Å². The Morgan fingerprint density at radius 1 is 1.18 bits per heavy atom. The minimum atomic E-state index is -0.329. The summed E-state index contributed by atoms with van der Waals surface area (Å²) in [6.45, 7) is 4.35. The standard InChI is InChI=1S/C15H29N3O2.2ClH/c1-17(2)11-12-3-7-18(8-4-12)15(19)14(16)13-5-9-20-10-6-13;;/h12-14H,3-11,16H2,1-2H3;2*1H. The summed E-state index contributed by atoms with van der Waals surface area (Å²) in [6, 6.07) is -0.329. The van der Waals surface area contributed by atoms with Crippen LogP contribution in [-0.4, -0.2) is 68.7 Å². The van der Waals surface area contributed by atoms with E-state index in [9.17, 15) is 4.79 Å². The molecule has 2 fully saturated rings. The molecule has 2 saturated heterocycles. The monoisotopic (exact) mass is 355 g/mol. The minimum Gasteiger partial charge on any atom is -0.381 e. The lowest BCUT2D eigenvalue weighted by Crippen LogP contribution is -2.51. The lowest BCUT2D eigenvalue weighted by atomic mass is 9.90. The molecule has 1 unspecified atom stereocenters. The summed E-state index contributed by atoms with van der Waals surface area (Å²) in [5.74, 6) is 1.17. The van der Waals surface area contributed by atoms with Gasteiger partial charge in [-0.15, -0.1) is 24.8 Å². The smallest absolute Gasteiger partial charge is 0.239 e. The van der Waals surface area contributed by atoms with Crippen LogP contribution in [0.5, 0.6) is 0 Å². The number of carbonyl (C=O) groups is 1. The number of amides is 1. The molecule has 0 spiro atoms. The first-order chi connectivity index (χ1) is 9.58. The number of piperidine rings is 1. The number of likely N-dealkylation sites (tertiary alicyclic amines) is 1. The summed E-state index contributed by atoms with van der Waals surface area (Å²) in [4.78, 5) is 16.7. The van der Waals surface area contributed by atoms with Gasteiger partial charge in [0.25, 0.3) is 0 Å². The molecule has 0 aliphatic carbocycles. The summed E-state index contributed by atoms with van der Waals surface area (Å²) in [5, 5.41) is 0. The van der Waals surface area contributed by atoms with E-state index in [1.165, 1.54) is 0 Å². The van der Waals surface area contributed by atoms with E-state index in [2.05, 4.69) is 19.0 Å². The zero-order valence-electron chi connectivity index (χ0n) is 13.7. The summed E-state index contributed by atoms with van der Waals surface area (Å²) >= 11 is 0. The third kappa shape index (κ3) is 6.20. The van der Waals surface area contributed by atoms with Crippen LogP contribution < -0.4 is 5.73 Å². The fraction of sp³-hybridized carbons (Fsp3) is 0.933. The van der Waals surface area contributed by atoms with Crippen LogP contribution in [-0.2, 0) is 9.53 Å². The largest absolute Gasteiger partial charge is 0.381 e. The van der Waals surface area contributed by atoms with Gasteiger partial charge in [0.15, 0.2) is 0 Å². The van der Waals surface area contributed by atoms with E-state index >= 15 is 0 Å². The SMILES string of the molecule is CN(C)CC1CCN(C(=O)C(N)C2CCOCC2)CC1.Cl.Cl. The molecule has 132 valence electrons. The molecule has 0 aromatic heterocycles. The number of halogens is 2. The number of carbonyl (C=O) groups excluding carboxylic acids is 1. The van der Waals surface area contributed by atoms with Gasteiger partial charge in [0.05, 0.1) is 6.04 Å². The van der Waals surface area contributed by atoms with Gasteiger partial charge in [0.2, 0.25) is 5.91 Å². The highest BCUT2D eigenvalue weighted by Crippen LogP contribution is 2.22. The average Bonchev–Trinajstić information content (AvgIpc) is 2.47. The number of rotatable bonds is 4. The maximum Gasteiger partial charge on any atom is 0.239 e. The van der Waals surface area contributed by atoms with Gasteiger partial charge in [0.1, 0.15) is 0 Å². The van der Waals surface area contributed by atoms with Gasteiger partial charge >= 0.3 is 0 Å². The zero-order valence-corrected chi connectivity index (χ0v) is 15.3. The van der Waals surface area contributed by atoms with Crippen molar-refractivity contribution < 1.29 is 9.53 Å². The Kier molecular flexibility index (Phi) is 10.6. The Hall–Kier alpha value is -0.0700. The van der Waals surface area contributed by atoms with Crippen molar-refractivity contribution in [3.8, 4) is 0 Å². The highest BCUT2D eigenvalue weighted by Gasteiger charge is 2.31. The first-order valence-electron chi connectivity index (χ1n) is 7.84. The van der Waals surface area contributed by atoms with Crippen molar-refractivity contribution in [3.05, 3.63) is 0 Å². The van der Waals surface area contributed by atoms with E-state index in [1.54, 1.807) is 0 Å². The number of hydrogen-bond acceptors (Lipinski definition) is 4. The summed E-state index contributed by atoms with van der Waals surface area (Å²) < 4.78 is 5.34. The topological polar surface area (TPSA) is 58.8 Å². The number of nitrogens with two attached hydrogens (primary N) is 1. The molecule has 0 aromatic rings. The molecule has 2 rings (SSSR count). The lowest BCUT2D eigenvalue weighted by molar-refractivity contribution is -0.136. The van der Waals surface area contributed by atoms with Crippen LogP contribution >= 0.6 is 24.8 Å². The van der Waals surface area contributed by atoms with Crippen molar-refractivity contribution in [3.63, 3.8) is 0 Å². The predicted octanol–water partition coefficient (Wildman–Crippen LogP) is 1.38. The predicted molar refractivity (Wildman–Crippen MR) is 93.9 cm³/mol. The molecule has 2 heterocycles. The first kappa shape index (κ1) is 21.9. The van der Waals surface area contributed by atoms with Gasteiger partial charge in [-0.3, -0.25) is 4.79 Å². The van der Waals surface area contributed by atoms with Crippen LogP contribution in [0.25, 0.3) is 0 Å². The maximum absolute atomic E-state index is 12.5. The van der Waals surface area contributed by atoms with E-state index < -0.39 is 0 Å². The molecular formula is C15H31Cl2N3O2. The normalized spacial score (nSPS) is 21.9. The Morgan fingerprint density at radius 3 is 2.23 bits per heavy atom. The maximum atomic E-state index is 12.5. The molecule has 1 amide bonds. The van der Waals surface area contributed by atoms with Gasteiger partial charge < -0.3 is 20.3 Å². The quantitative estimate of drug-likeness (QED) is 0.827. The molecule has 7 heteroatoms. The molecule has 0 radical (unpaired) electrons. The minimum absolute atomic E-state index is 0. The lowest BCUT2D eigenvalue weighted by Gasteiger charge is -2.36. The second kappa shape index (κ2) is 10.7. The van der Waals surface area contributed by atoms with Crippen LogP contribution in [0.2, 0.25) is 0 Å². The third-order valence-corrected chi connectivity index (χ3v) is 4.61. The van der Waals surface area contributed by atoms with Crippen molar-refractivity contribution in [1.82, 2.24) is 9.80 Å². The summed E-state index contributed by atoms with van der Waals surface area (Å²) in [7, 11) is 4.22. The molecule has 0 saturated carbocycles. The van der Waals surface area contributed by atoms with E-state index in [0.717, 1.165) is 58.5 Å². The van der Waals surface area contributed by atoms with Crippen molar-refractivity contribution in [2.75, 3.05) is 46.9 Å². The molecule has 2 aliphatic rings. The van der Waals surface area contributed by atoms with Gasteiger partial charge in [-0.2, -0.15) is 0 Å². The van der Waals surface area contributed by atoms with Gasteiger partial charge in [-0.25, -0.2) is 0 Å². The molecule has 2 N–H and O–H groups in total. The first-order valence-corrected chi connectivity index (χ1v) is 7.84. The van der Waals surface area contributed by atoms with Gasteiger partial charge in [0, 0.05) is 32.8 Å². The fourth-order valence-electron chi connectivity index (χ4n) is 3.34. The molecule has 0 bridgehead atoms. The van der Waals surface area contributed by atoms with Crippen LogP contribution in [0.3, 0.4) is 0 Å². The summed E-state index contributed by atoms with van der Waals surface area (Å²) in [6.07, 6.45) is 4.04. The van der Waals surface area contributed by atoms with E-state index in [1.807, 2.05) is 4.90 Å². The second-order valence-electron chi connectivity index (χ2n) is 6.51. The Balaban J connectivity index is 0.00000220. The van der Waals surface area contributed by atoms with E-state index in [0.29, 0.717) is 11.8 Å².